The van der Waals surface area contributed by atoms with Crippen molar-refractivity contribution >= 4 is 29.0 Å². The molecular weight excluding hydrogens is 438 g/mol. The molecule has 2 atom stereocenters. The third-order valence-corrected chi connectivity index (χ3v) is 5.48. The number of ether oxygens (including phenoxy) is 1. The molecule has 2 aliphatic heterocycles. The largest absolute Gasteiger partial charge is 0.372 e. The molecule has 4 rings (SSSR count). The summed E-state index contributed by atoms with van der Waals surface area (Å²) in [4.78, 5) is 42.5. The Balaban J connectivity index is 1.69. The molecule has 0 radical (unpaired) electrons. The number of nitro groups is 1. The quantitative estimate of drug-likeness (QED) is 0.324. The Morgan fingerprint density at radius 1 is 1.15 bits per heavy atom. The first-order chi connectivity index (χ1) is 16.3. The van der Waals surface area contributed by atoms with Crippen LogP contribution in [0.25, 0.3) is 5.70 Å². The molecule has 0 aliphatic carbocycles. The van der Waals surface area contributed by atoms with E-state index >= 15 is 0 Å². The van der Waals surface area contributed by atoms with E-state index in [0.29, 0.717) is 24.2 Å². The van der Waals surface area contributed by atoms with E-state index in [4.69, 9.17) is 4.74 Å². The fourth-order valence-electron chi connectivity index (χ4n) is 4.06. The zero-order valence-corrected chi connectivity index (χ0v) is 18.5. The molecule has 1 saturated heterocycles. The second kappa shape index (κ2) is 9.25. The van der Waals surface area contributed by atoms with Gasteiger partial charge in [-0.1, -0.05) is 30.3 Å². The number of amides is 2. The van der Waals surface area contributed by atoms with Gasteiger partial charge < -0.3 is 15.0 Å². The Hall–Kier alpha value is -4.36. The van der Waals surface area contributed by atoms with Crippen molar-refractivity contribution < 1.29 is 19.2 Å². The van der Waals surface area contributed by atoms with Crippen LogP contribution < -0.4 is 5.32 Å². The van der Waals surface area contributed by atoms with Crippen molar-refractivity contribution in [2.24, 2.45) is 4.99 Å². The van der Waals surface area contributed by atoms with Gasteiger partial charge in [-0.15, -0.1) is 0 Å². The van der Waals surface area contributed by atoms with E-state index in [1.807, 2.05) is 19.9 Å². The third-order valence-electron chi connectivity index (χ3n) is 5.48. The standard InChI is InChI=1S/C24H21N5O5/c1-14-12-28(13-15(2)34-14)24(31)20(11-25)21-18-8-3-4-9-19(18)22(26-21)27-23(30)16-6-5-7-17(10-16)29(32)33/h3-10,14-15H,12-13H2,1-2H3,(H,26,27,30)/b21-20-/t14-,15+. The fourth-order valence-corrected chi connectivity index (χ4v) is 4.06. The molecule has 2 heterocycles. The number of rotatable bonds is 3. The van der Waals surface area contributed by atoms with Crippen molar-refractivity contribution in [1.29, 1.82) is 5.26 Å². The number of morpholine rings is 1. The van der Waals surface area contributed by atoms with E-state index < -0.39 is 16.7 Å². The number of carbonyl (C=O) groups is 2. The summed E-state index contributed by atoms with van der Waals surface area (Å²) in [7, 11) is 0. The van der Waals surface area contributed by atoms with Crippen molar-refractivity contribution in [1.82, 2.24) is 10.2 Å². The minimum absolute atomic E-state index is 0.0830. The van der Waals surface area contributed by atoms with Crippen LogP contribution >= 0.6 is 0 Å². The molecule has 2 aliphatic rings. The zero-order valence-electron chi connectivity index (χ0n) is 18.5. The second-order valence-electron chi connectivity index (χ2n) is 8.07. The summed E-state index contributed by atoms with van der Waals surface area (Å²) in [5.74, 6) is -0.894. The van der Waals surface area contributed by atoms with Gasteiger partial charge in [0.2, 0.25) is 0 Å². The van der Waals surface area contributed by atoms with Crippen molar-refractivity contribution in [2.45, 2.75) is 26.1 Å². The van der Waals surface area contributed by atoms with Gasteiger partial charge in [-0.05, 0) is 19.9 Å². The number of non-ortho nitro benzene ring substituents is 1. The lowest BCUT2D eigenvalue weighted by atomic mass is 10.0. The summed E-state index contributed by atoms with van der Waals surface area (Å²) < 4.78 is 5.68. The minimum atomic E-state index is -0.598. The highest BCUT2D eigenvalue weighted by atomic mass is 16.6. The molecule has 2 aromatic rings. The van der Waals surface area contributed by atoms with Crippen LogP contribution in [0.2, 0.25) is 0 Å². The molecule has 34 heavy (non-hydrogen) atoms. The van der Waals surface area contributed by atoms with Gasteiger partial charge in [0.25, 0.3) is 17.5 Å². The van der Waals surface area contributed by atoms with Gasteiger partial charge in [0.1, 0.15) is 17.5 Å². The van der Waals surface area contributed by atoms with Crippen LogP contribution in [0.4, 0.5) is 5.69 Å². The number of amidine groups is 1. The molecule has 1 N–H and O–H groups in total. The van der Waals surface area contributed by atoms with E-state index in [0.717, 1.165) is 0 Å². The van der Waals surface area contributed by atoms with E-state index in [1.54, 1.807) is 29.2 Å². The zero-order chi connectivity index (χ0) is 24.4. The van der Waals surface area contributed by atoms with Crippen LogP contribution in [0.3, 0.4) is 0 Å². The van der Waals surface area contributed by atoms with Crippen LogP contribution in [-0.2, 0) is 9.53 Å². The van der Waals surface area contributed by atoms with Crippen LogP contribution in [0.5, 0.6) is 0 Å². The molecular formula is C24H21N5O5. The molecule has 10 heteroatoms. The Kier molecular flexibility index (Phi) is 6.21. The summed E-state index contributed by atoms with van der Waals surface area (Å²) in [6.45, 7) is 4.42. The van der Waals surface area contributed by atoms with Gasteiger partial charge in [-0.25, -0.2) is 4.99 Å². The molecule has 0 spiro atoms. The highest BCUT2D eigenvalue weighted by Gasteiger charge is 2.32. The van der Waals surface area contributed by atoms with Crippen molar-refractivity contribution in [3.8, 4) is 6.07 Å². The topological polar surface area (TPSA) is 138 Å². The SMILES string of the molecule is C[C@@H]1CN(C(=O)/C(C#N)=C2\N=C(NC(=O)c3cccc([N+](=O)[O-])c3)c3ccccc32)C[C@H](C)O1. The average Bonchev–Trinajstić information content (AvgIpc) is 3.17. The summed E-state index contributed by atoms with van der Waals surface area (Å²) in [6.07, 6.45) is -0.330. The van der Waals surface area contributed by atoms with Gasteiger partial charge in [-0.3, -0.25) is 19.7 Å². The molecule has 0 unspecified atom stereocenters. The predicted octanol–water partition coefficient (Wildman–Crippen LogP) is 2.66. The number of aliphatic imine (C=N–C) groups is 1. The van der Waals surface area contributed by atoms with Crippen LogP contribution in [0, 0.1) is 21.4 Å². The Bertz CT molecular complexity index is 1280. The van der Waals surface area contributed by atoms with Gasteiger partial charge in [0.15, 0.2) is 0 Å². The normalized spacial score (nSPS) is 20.6. The van der Waals surface area contributed by atoms with E-state index in [9.17, 15) is 25.0 Å². The lowest BCUT2D eigenvalue weighted by molar-refractivity contribution is -0.384. The van der Waals surface area contributed by atoms with Crippen molar-refractivity contribution in [2.75, 3.05) is 13.1 Å². The number of benzene rings is 2. The maximum Gasteiger partial charge on any atom is 0.270 e. The third kappa shape index (κ3) is 4.42. The Labute approximate surface area is 195 Å². The molecule has 172 valence electrons. The van der Waals surface area contributed by atoms with Crippen LogP contribution in [-0.4, -0.2) is 52.8 Å². The number of hydrogen-bond acceptors (Lipinski definition) is 7. The number of nitrogens with one attached hydrogen (secondary N) is 1. The van der Waals surface area contributed by atoms with E-state index in [-0.39, 0.29) is 40.6 Å². The number of hydrogen-bond donors (Lipinski definition) is 1. The van der Waals surface area contributed by atoms with Crippen LogP contribution in [0.15, 0.2) is 59.1 Å². The molecule has 0 aromatic heterocycles. The van der Waals surface area contributed by atoms with Crippen molar-refractivity contribution in [3.05, 3.63) is 80.9 Å². The average molecular weight is 459 g/mol. The summed E-state index contributed by atoms with van der Waals surface area (Å²) in [6, 6.07) is 14.2. The predicted molar refractivity (Wildman–Crippen MR) is 123 cm³/mol. The van der Waals surface area contributed by atoms with Crippen molar-refractivity contribution in [3.63, 3.8) is 0 Å². The van der Waals surface area contributed by atoms with E-state index in [1.165, 1.54) is 24.3 Å². The van der Waals surface area contributed by atoms with Gasteiger partial charge in [-0.2, -0.15) is 5.26 Å². The van der Waals surface area contributed by atoms with Crippen LogP contribution in [0.1, 0.15) is 35.3 Å². The van der Waals surface area contributed by atoms with E-state index in [2.05, 4.69) is 10.3 Å². The number of nitriles is 1. The molecule has 1 fully saturated rings. The lowest BCUT2D eigenvalue weighted by Gasteiger charge is -2.35. The number of carbonyl (C=O) groups excluding carboxylic acids is 2. The summed E-state index contributed by atoms with van der Waals surface area (Å²) in [5.41, 5.74) is 0.988. The Morgan fingerprint density at radius 2 is 1.82 bits per heavy atom. The number of fused-ring (bicyclic) bond motifs is 1. The van der Waals surface area contributed by atoms with Gasteiger partial charge >= 0.3 is 0 Å². The number of nitrogens with zero attached hydrogens (tertiary/aromatic N) is 4. The lowest BCUT2D eigenvalue weighted by Crippen LogP contribution is -2.48. The first-order valence-corrected chi connectivity index (χ1v) is 10.6. The first kappa shape index (κ1) is 22.8. The molecule has 2 aromatic carbocycles. The smallest absolute Gasteiger partial charge is 0.270 e. The maximum atomic E-state index is 13.2. The molecule has 0 bridgehead atoms. The highest BCUT2D eigenvalue weighted by Crippen LogP contribution is 2.31. The number of nitro benzene ring substituents is 1. The Morgan fingerprint density at radius 3 is 2.47 bits per heavy atom. The second-order valence-corrected chi connectivity index (χ2v) is 8.07. The maximum absolute atomic E-state index is 13.2. The summed E-state index contributed by atoms with van der Waals surface area (Å²) >= 11 is 0. The molecule has 2 amide bonds. The van der Waals surface area contributed by atoms with Gasteiger partial charge in [0, 0.05) is 41.9 Å². The first-order valence-electron chi connectivity index (χ1n) is 10.6. The molecule has 0 saturated carbocycles. The summed E-state index contributed by atoms with van der Waals surface area (Å²) in [5, 5.41) is 23.6. The fraction of sp³-hybridized carbons (Fsp3) is 0.250. The minimum Gasteiger partial charge on any atom is -0.372 e. The van der Waals surface area contributed by atoms with Gasteiger partial charge in [0.05, 0.1) is 22.8 Å². The monoisotopic (exact) mass is 459 g/mol. The highest BCUT2D eigenvalue weighted by molar-refractivity contribution is 6.20. The molecule has 10 nitrogen and oxygen atoms in total.